The topological polar surface area (TPSA) is 93.5 Å². The Labute approximate surface area is 178 Å². The first-order valence-corrected chi connectivity index (χ1v) is 9.51. The second kappa shape index (κ2) is 8.96. The molecule has 0 fully saturated rings. The number of hydrogen-bond donors (Lipinski definition) is 1. The Morgan fingerprint density at radius 2 is 1.97 bits per heavy atom. The van der Waals surface area contributed by atoms with Crippen molar-refractivity contribution >= 4 is 40.0 Å². The van der Waals surface area contributed by atoms with E-state index in [1.807, 2.05) is 0 Å². The van der Waals surface area contributed by atoms with Crippen LogP contribution in [0.3, 0.4) is 0 Å². The molecule has 0 aliphatic rings. The number of aryl methyl sites for hydroxylation is 1. The number of nitrogens with zero attached hydrogens (tertiary/aromatic N) is 3. The predicted molar refractivity (Wildman–Crippen MR) is 115 cm³/mol. The Morgan fingerprint density at radius 3 is 2.70 bits per heavy atom. The molecule has 1 aromatic heterocycles. The number of carbonyl (C=O) groups excluding carboxylic acids is 2. The fourth-order valence-electron chi connectivity index (χ4n) is 2.99. The molecular formula is C21H21ClN4O4. The highest BCUT2D eigenvalue weighted by Gasteiger charge is 2.17. The van der Waals surface area contributed by atoms with E-state index in [0.29, 0.717) is 33.2 Å². The number of fused-ring (bicyclic) bond motifs is 1. The number of para-hydroxylation sites is 1. The Bertz CT molecular complexity index is 1180. The largest absolute Gasteiger partial charge is 0.495 e. The molecule has 2 aromatic carbocycles. The van der Waals surface area contributed by atoms with Gasteiger partial charge in [0.05, 0.1) is 30.2 Å². The molecule has 0 bridgehead atoms. The van der Waals surface area contributed by atoms with Crippen LogP contribution in [0.1, 0.15) is 5.82 Å². The number of benzene rings is 2. The van der Waals surface area contributed by atoms with Crippen molar-refractivity contribution in [1.29, 1.82) is 0 Å². The molecule has 0 unspecified atom stereocenters. The second-order valence-corrected chi connectivity index (χ2v) is 7.15. The van der Waals surface area contributed by atoms with Crippen LogP contribution in [0.2, 0.25) is 5.02 Å². The van der Waals surface area contributed by atoms with E-state index in [9.17, 15) is 14.4 Å². The molecule has 0 aliphatic carbocycles. The van der Waals surface area contributed by atoms with E-state index < -0.39 is 11.8 Å². The van der Waals surface area contributed by atoms with Gasteiger partial charge >= 0.3 is 0 Å². The van der Waals surface area contributed by atoms with Crippen LogP contribution in [-0.4, -0.2) is 47.0 Å². The zero-order valence-corrected chi connectivity index (χ0v) is 17.6. The van der Waals surface area contributed by atoms with Crippen LogP contribution < -0.4 is 15.6 Å². The summed E-state index contributed by atoms with van der Waals surface area (Å²) >= 11 is 5.97. The van der Waals surface area contributed by atoms with E-state index in [-0.39, 0.29) is 18.6 Å². The van der Waals surface area contributed by atoms with Crippen LogP contribution in [-0.2, 0) is 16.1 Å². The first-order chi connectivity index (χ1) is 14.3. The van der Waals surface area contributed by atoms with Gasteiger partial charge in [-0.05, 0) is 37.3 Å². The number of likely N-dealkylation sites (N-methyl/N-ethyl adjacent to an activating group) is 1. The minimum Gasteiger partial charge on any atom is -0.495 e. The fourth-order valence-corrected chi connectivity index (χ4v) is 3.16. The number of methoxy groups -OCH3 is 1. The monoisotopic (exact) mass is 428 g/mol. The maximum absolute atomic E-state index is 12.7. The Balaban J connectivity index is 1.71. The van der Waals surface area contributed by atoms with Crippen LogP contribution in [0.25, 0.3) is 10.9 Å². The summed E-state index contributed by atoms with van der Waals surface area (Å²) in [6.45, 7) is 1.25. The van der Waals surface area contributed by atoms with E-state index in [1.54, 1.807) is 49.4 Å². The highest BCUT2D eigenvalue weighted by atomic mass is 35.5. The third-order valence-electron chi connectivity index (χ3n) is 4.59. The normalized spacial score (nSPS) is 10.7. The van der Waals surface area contributed by atoms with E-state index in [4.69, 9.17) is 16.3 Å². The molecule has 0 spiro atoms. The number of ether oxygens (including phenoxy) is 1. The third kappa shape index (κ3) is 4.60. The molecule has 9 heteroatoms. The number of rotatable bonds is 6. The van der Waals surface area contributed by atoms with Crippen LogP contribution >= 0.6 is 11.6 Å². The Morgan fingerprint density at radius 1 is 1.23 bits per heavy atom. The summed E-state index contributed by atoms with van der Waals surface area (Å²) in [6, 6.07) is 11.8. The van der Waals surface area contributed by atoms with Gasteiger partial charge in [0, 0.05) is 12.1 Å². The second-order valence-electron chi connectivity index (χ2n) is 6.71. The molecule has 0 aliphatic heterocycles. The van der Waals surface area contributed by atoms with Crippen molar-refractivity contribution < 1.29 is 14.3 Å². The number of aromatic nitrogens is 2. The van der Waals surface area contributed by atoms with Gasteiger partial charge in [-0.1, -0.05) is 23.7 Å². The van der Waals surface area contributed by atoms with Crippen molar-refractivity contribution in [3.05, 3.63) is 63.7 Å². The van der Waals surface area contributed by atoms with Crippen molar-refractivity contribution in [3.63, 3.8) is 0 Å². The highest BCUT2D eigenvalue weighted by Crippen LogP contribution is 2.27. The quantitative estimate of drug-likeness (QED) is 0.651. The molecule has 3 rings (SSSR count). The van der Waals surface area contributed by atoms with Gasteiger partial charge in [0.2, 0.25) is 11.8 Å². The zero-order chi connectivity index (χ0) is 21.8. The minimum atomic E-state index is -0.424. The SMILES string of the molecule is COc1ccc(Cl)cc1NC(=O)CN(C)C(=O)Cn1c(C)nc2ccccc2c1=O. The van der Waals surface area contributed by atoms with E-state index in [1.165, 1.54) is 23.6 Å². The number of nitrogens with one attached hydrogen (secondary N) is 1. The fraction of sp³-hybridized carbons (Fsp3) is 0.238. The maximum Gasteiger partial charge on any atom is 0.261 e. The lowest BCUT2D eigenvalue weighted by atomic mass is 10.2. The summed E-state index contributed by atoms with van der Waals surface area (Å²) in [5, 5.41) is 3.55. The number of hydrogen-bond acceptors (Lipinski definition) is 5. The molecule has 2 amide bonds. The van der Waals surface area contributed by atoms with Gasteiger partial charge in [0.1, 0.15) is 18.1 Å². The molecule has 8 nitrogen and oxygen atoms in total. The van der Waals surface area contributed by atoms with Crippen LogP contribution in [0.15, 0.2) is 47.3 Å². The van der Waals surface area contributed by atoms with E-state index in [0.717, 1.165) is 0 Å². The molecule has 1 heterocycles. The van der Waals surface area contributed by atoms with Crippen LogP contribution in [0.4, 0.5) is 5.69 Å². The van der Waals surface area contributed by atoms with Gasteiger partial charge in [0.15, 0.2) is 0 Å². The van der Waals surface area contributed by atoms with Gasteiger partial charge < -0.3 is 15.0 Å². The van der Waals surface area contributed by atoms with Crippen LogP contribution in [0, 0.1) is 6.92 Å². The summed E-state index contributed by atoms with van der Waals surface area (Å²) < 4.78 is 6.50. The molecule has 30 heavy (non-hydrogen) atoms. The molecule has 0 atom stereocenters. The maximum atomic E-state index is 12.7. The van der Waals surface area contributed by atoms with Gasteiger partial charge in [-0.25, -0.2) is 4.98 Å². The molecule has 0 saturated heterocycles. The van der Waals surface area contributed by atoms with Gasteiger partial charge in [0.25, 0.3) is 5.56 Å². The number of halogens is 1. The summed E-state index contributed by atoms with van der Waals surface area (Å²) in [6.07, 6.45) is 0. The van der Waals surface area contributed by atoms with Gasteiger partial charge in [-0.2, -0.15) is 0 Å². The molecular weight excluding hydrogens is 408 g/mol. The van der Waals surface area contributed by atoms with Crippen molar-refractivity contribution in [2.75, 3.05) is 26.0 Å². The number of carbonyl (C=O) groups is 2. The minimum absolute atomic E-state index is 0.205. The Hall–Kier alpha value is -3.39. The van der Waals surface area contributed by atoms with E-state index >= 15 is 0 Å². The summed E-state index contributed by atoms with van der Waals surface area (Å²) in [5.41, 5.74) is 0.682. The first kappa shape index (κ1) is 21.3. The summed E-state index contributed by atoms with van der Waals surface area (Å²) in [7, 11) is 2.97. The average Bonchev–Trinajstić information content (AvgIpc) is 2.71. The molecule has 0 radical (unpaired) electrons. The molecule has 3 aromatic rings. The molecule has 0 saturated carbocycles. The van der Waals surface area contributed by atoms with E-state index in [2.05, 4.69) is 10.3 Å². The lowest BCUT2D eigenvalue weighted by Gasteiger charge is -2.19. The molecule has 1 N–H and O–H groups in total. The van der Waals surface area contributed by atoms with Gasteiger partial charge in [-0.3, -0.25) is 19.0 Å². The summed E-state index contributed by atoms with van der Waals surface area (Å²) in [5.74, 6) is 0.0531. The predicted octanol–water partition coefficient (Wildman–Crippen LogP) is 2.46. The van der Waals surface area contributed by atoms with Crippen molar-refractivity contribution in [2.45, 2.75) is 13.5 Å². The zero-order valence-electron chi connectivity index (χ0n) is 16.8. The Kier molecular flexibility index (Phi) is 6.37. The highest BCUT2D eigenvalue weighted by molar-refractivity contribution is 6.31. The standard InChI is InChI=1S/C21H21ClN4O4/c1-13-23-16-7-5-4-6-15(16)21(29)26(13)12-20(28)25(2)11-19(27)24-17-10-14(22)8-9-18(17)30-3/h4-10H,11-12H2,1-3H3,(H,24,27). The summed E-state index contributed by atoms with van der Waals surface area (Å²) in [4.78, 5) is 43.4. The lowest BCUT2D eigenvalue weighted by molar-refractivity contribution is -0.133. The van der Waals surface area contributed by atoms with Crippen molar-refractivity contribution in [1.82, 2.24) is 14.5 Å². The lowest BCUT2D eigenvalue weighted by Crippen LogP contribution is -2.39. The third-order valence-corrected chi connectivity index (χ3v) is 4.82. The van der Waals surface area contributed by atoms with Crippen molar-refractivity contribution in [3.8, 4) is 5.75 Å². The average molecular weight is 429 g/mol. The molecule has 156 valence electrons. The number of anilines is 1. The first-order valence-electron chi connectivity index (χ1n) is 9.13. The smallest absolute Gasteiger partial charge is 0.261 e. The number of amides is 2. The van der Waals surface area contributed by atoms with Gasteiger partial charge in [-0.15, -0.1) is 0 Å². The van der Waals surface area contributed by atoms with Crippen LogP contribution in [0.5, 0.6) is 5.75 Å². The van der Waals surface area contributed by atoms with Crippen molar-refractivity contribution in [2.24, 2.45) is 0 Å².